The number of carboxylic acids is 1. The van der Waals surface area contributed by atoms with Gasteiger partial charge < -0.3 is 25.2 Å². The highest BCUT2D eigenvalue weighted by Gasteiger charge is 2.25. The second-order valence-electron chi connectivity index (χ2n) is 4.64. The lowest BCUT2D eigenvalue weighted by atomic mass is 10.0. The molecule has 0 bridgehead atoms. The molecular weight excluding hydrogens is 240 g/mol. The van der Waals surface area contributed by atoms with Gasteiger partial charge in [0.05, 0.1) is 26.2 Å². The summed E-state index contributed by atoms with van der Waals surface area (Å²) in [5.41, 5.74) is -0.802. The van der Waals surface area contributed by atoms with Crippen molar-refractivity contribution in [2.24, 2.45) is 0 Å². The lowest BCUT2D eigenvalue weighted by molar-refractivity contribution is -0.138. The van der Waals surface area contributed by atoms with Crippen LogP contribution in [0, 0.1) is 0 Å². The summed E-state index contributed by atoms with van der Waals surface area (Å²) in [5, 5.41) is 19.8. The predicted octanol–water partition coefficient (Wildman–Crippen LogP) is -0.110. The standard InChI is InChI=1S/C11H22N2O5/c1-11(2,8-9(15)16)12-10(17)13(3)4-6-18-7-5-14/h14H,4-8H2,1-3H3,(H,12,17)(H,15,16). The molecule has 0 aliphatic carbocycles. The molecule has 0 radical (unpaired) electrons. The van der Waals surface area contributed by atoms with Gasteiger partial charge in [-0.3, -0.25) is 4.79 Å². The fourth-order valence-corrected chi connectivity index (χ4v) is 1.28. The van der Waals surface area contributed by atoms with Crippen LogP contribution in [-0.4, -0.2) is 66.1 Å². The number of urea groups is 1. The van der Waals surface area contributed by atoms with Crippen LogP contribution in [0.15, 0.2) is 0 Å². The van der Waals surface area contributed by atoms with E-state index in [1.165, 1.54) is 4.90 Å². The first-order chi connectivity index (χ1) is 8.28. The lowest BCUT2D eigenvalue weighted by Crippen LogP contribution is -2.50. The number of amides is 2. The Bertz CT molecular complexity index is 281. The van der Waals surface area contributed by atoms with Gasteiger partial charge in [-0.15, -0.1) is 0 Å². The number of carbonyl (C=O) groups excluding carboxylic acids is 1. The predicted molar refractivity (Wildman–Crippen MR) is 65.4 cm³/mol. The Balaban J connectivity index is 4.02. The van der Waals surface area contributed by atoms with Gasteiger partial charge in [0.25, 0.3) is 0 Å². The molecule has 0 aliphatic heterocycles. The maximum atomic E-state index is 11.7. The zero-order chi connectivity index (χ0) is 14.2. The topological polar surface area (TPSA) is 99.1 Å². The van der Waals surface area contributed by atoms with Crippen LogP contribution in [0.3, 0.4) is 0 Å². The van der Waals surface area contributed by atoms with Crippen molar-refractivity contribution >= 4 is 12.0 Å². The number of hydrogen-bond donors (Lipinski definition) is 3. The SMILES string of the molecule is CN(CCOCCO)C(=O)NC(C)(C)CC(=O)O. The van der Waals surface area contributed by atoms with Crippen molar-refractivity contribution in [3.05, 3.63) is 0 Å². The van der Waals surface area contributed by atoms with Crippen molar-refractivity contribution in [1.29, 1.82) is 0 Å². The minimum absolute atomic E-state index is 0.0540. The highest BCUT2D eigenvalue weighted by molar-refractivity contribution is 5.76. The summed E-state index contributed by atoms with van der Waals surface area (Å²) in [6.07, 6.45) is -0.145. The van der Waals surface area contributed by atoms with Crippen LogP contribution >= 0.6 is 0 Å². The Morgan fingerprint density at radius 2 is 1.94 bits per heavy atom. The fourth-order valence-electron chi connectivity index (χ4n) is 1.28. The van der Waals surface area contributed by atoms with Gasteiger partial charge in [0, 0.05) is 19.1 Å². The second kappa shape index (κ2) is 7.88. The van der Waals surface area contributed by atoms with E-state index in [0.29, 0.717) is 13.2 Å². The third-order valence-electron chi connectivity index (χ3n) is 2.19. The lowest BCUT2D eigenvalue weighted by Gasteiger charge is -2.28. The molecule has 0 aromatic rings. The van der Waals surface area contributed by atoms with Gasteiger partial charge in [-0.2, -0.15) is 0 Å². The van der Waals surface area contributed by atoms with Gasteiger partial charge in [-0.05, 0) is 13.8 Å². The van der Waals surface area contributed by atoms with E-state index in [9.17, 15) is 9.59 Å². The van der Waals surface area contributed by atoms with Crippen molar-refractivity contribution < 1.29 is 24.5 Å². The Morgan fingerprint density at radius 3 is 2.44 bits per heavy atom. The van der Waals surface area contributed by atoms with E-state index in [0.717, 1.165) is 0 Å². The third-order valence-corrected chi connectivity index (χ3v) is 2.19. The molecule has 0 aliphatic rings. The van der Waals surface area contributed by atoms with E-state index < -0.39 is 11.5 Å². The van der Waals surface area contributed by atoms with Crippen molar-refractivity contribution in [1.82, 2.24) is 10.2 Å². The second-order valence-corrected chi connectivity index (χ2v) is 4.64. The minimum atomic E-state index is -0.964. The normalized spacial score (nSPS) is 11.1. The van der Waals surface area contributed by atoms with Gasteiger partial charge in [-0.1, -0.05) is 0 Å². The summed E-state index contributed by atoms with van der Waals surface area (Å²) in [7, 11) is 1.59. The molecule has 2 amide bonds. The summed E-state index contributed by atoms with van der Waals surface area (Å²) in [6.45, 7) is 4.17. The maximum absolute atomic E-state index is 11.7. The molecule has 0 saturated heterocycles. The van der Waals surface area contributed by atoms with Crippen LogP contribution < -0.4 is 5.32 Å². The molecule has 18 heavy (non-hydrogen) atoms. The minimum Gasteiger partial charge on any atom is -0.481 e. The van der Waals surface area contributed by atoms with E-state index in [4.69, 9.17) is 14.9 Å². The molecule has 0 saturated carbocycles. The van der Waals surface area contributed by atoms with Crippen molar-refractivity contribution in [3.63, 3.8) is 0 Å². The van der Waals surface area contributed by atoms with Crippen molar-refractivity contribution in [2.75, 3.05) is 33.4 Å². The Morgan fingerprint density at radius 1 is 1.33 bits per heavy atom. The average molecular weight is 262 g/mol. The summed E-state index contributed by atoms with van der Waals surface area (Å²) in [4.78, 5) is 23.7. The van der Waals surface area contributed by atoms with Crippen LogP contribution in [-0.2, 0) is 9.53 Å². The molecular formula is C11H22N2O5. The zero-order valence-electron chi connectivity index (χ0n) is 11.1. The molecule has 106 valence electrons. The largest absolute Gasteiger partial charge is 0.481 e. The smallest absolute Gasteiger partial charge is 0.317 e. The summed E-state index contributed by atoms with van der Waals surface area (Å²) in [6, 6.07) is -0.353. The summed E-state index contributed by atoms with van der Waals surface area (Å²) in [5.74, 6) is -0.964. The van der Waals surface area contributed by atoms with Gasteiger partial charge in [0.2, 0.25) is 0 Å². The van der Waals surface area contributed by atoms with Gasteiger partial charge in [-0.25, -0.2) is 4.79 Å². The van der Waals surface area contributed by atoms with Crippen LogP contribution in [0.5, 0.6) is 0 Å². The first-order valence-electron chi connectivity index (χ1n) is 5.72. The molecule has 0 aromatic heterocycles. The van der Waals surface area contributed by atoms with Gasteiger partial charge >= 0.3 is 12.0 Å². The number of carbonyl (C=O) groups is 2. The Kier molecular flexibility index (Phi) is 7.30. The number of aliphatic carboxylic acids is 1. The number of nitrogens with one attached hydrogen (secondary N) is 1. The fraction of sp³-hybridized carbons (Fsp3) is 0.818. The van der Waals surface area contributed by atoms with E-state index >= 15 is 0 Å². The molecule has 0 rings (SSSR count). The monoisotopic (exact) mass is 262 g/mol. The van der Waals surface area contributed by atoms with Crippen LogP contribution in [0.4, 0.5) is 4.79 Å². The van der Waals surface area contributed by atoms with E-state index in [2.05, 4.69) is 5.32 Å². The molecule has 7 heteroatoms. The van der Waals surface area contributed by atoms with Gasteiger partial charge in [0.1, 0.15) is 0 Å². The Labute approximate surface area is 107 Å². The molecule has 0 atom stereocenters. The molecule has 0 heterocycles. The first kappa shape index (κ1) is 16.7. The van der Waals surface area contributed by atoms with Crippen LogP contribution in [0.1, 0.15) is 20.3 Å². The molecule has 0 aromatic carbocycles. The van der Waals surface area contributed by atoms with Crippen molar-refractivity contribution in [2.45, 2.75) is 25.8 Å². The van der Waals surface area contributed by atoms with Crippen LogP contribution in [0.2, 0.25) is 0 Å². The molecule has 0 spiro atoms. The number of rotatable bonds is 8. The molecule has 0 unspecified atom stereocenters. The highest BCUT2D eigenvalue weighted by atomic mass is 16.5. The first-order valence-corrected chi connectivity index (χ1v) is 5.72. The van der Waals surface area contributed by atoms with Crippen molar-refractivity contribution in [3.8, 4) is 0 Å². The summed E-state index contributed by atoms with van der Waals surface area (Å²) >= 11 is 0. The number of hydrogen-bond acceptors (Lipinski definition) is 4. The third kappa shape index (κ3) is 7.86. The van der Waals surface area contributed by atoms with E-state index in [1.54, 1.807) is 20.9 Å². The number of aliphatic hydroxyl groups excluding tert-OH is 1. The Hall–Kier alpha value is -1.34. The molecule has 3 N–H and O–H groups in total. The highest BCUT2D eigenvalue weighted by Crippen LogP contribution is 2.08. The number of carboxylic acid groups (broad SMARTS) is 1. The molecule has 0 fully saturated rings. The number of likely N-dealkylation sites (N-methyl/N-ethyl adjacent to an activating group) is 1. The maximum Gasteiger partial charge on any atom is 0.317 e. The van der Waals surface area contributed by atoms with Crippen LogP contribution in [0.25, 0.3) is 0 Å². The average Bonchev–Trinajstić information content (AvgIpc) is 2.21. The quantitative estimate of drug-likeness (QED) is 0.530. The molecule has 7 nitrogen and oxygen atoms in total. The number of ether oxygens (including phenoxy) is 1. The van der Waals surface area contributed by atoms with E-state index in [-0.39, 0.29) is 25.7 Å². The number of aliphatic hydroxyl groups is 1. The number of nitrogens with zero attached hydrogens (tertiary/aromatic N) is 1. The van der Waals surface area contributed by atoms with Gasteiger partial charge in [0.15, 0.2) is 0 Å². The zero-order valence-corrected chi connectivity index (χ0v) is 11.1. The van der Waals surface area contributed by atoms with E-state index in [1.807, 2.05) is 0 Å². The summed E-state index contributed by atoms with van der Waals surface area (Å²) < 4.78 is 5.03.